The summed E-state index contributed by atoms with van der Waals surface area (Å²) in [6.07, 6.45) is 5.59. The third kappa shape index (κ3) is 4.24. The predicted molar refractivity (Wildman–Crippen MR) is 116 cm³/mol. The van der Waals surface area contributed by atoms with Crippen LogP contribution in [0.4, 0.5) is 10.2 Å². The lowest BCUT2D eigenvalue weighted by Gasteiger charge is -2.22. The predicted octanol–water partition coefficient (Wildman–Crippen LogP) is 5.04. The fraction of sp³-hybridized carbons (Fsp3) is 0.333. The number of rotatable bonds is 5. The maximum Gasteiger partial charge on any atom is 0.166 e. The first-order valence-electron chi connectivity index (χ1n) is 10.5. The van der Waals surface area contributed by atoms with E-state index in [9.17, 15) is 4.39 Å². The van der Waals surface area contributed by atoms with Gasteiger partial charge in [-0.2, -0.15) is 5.10 Å². The molecule has 1 fully saturated rings. The van der Waals surface area contributed by atoms with Crippen LogP contribution in [0.3, 0.4) is 0 Å². The van der Waals surface area contributed by atoms with E-state index in [-0.39, 0.29) is 21.9 Å². The zero-order chi connectivity index (χ0) is 23.0. The van der Waals surface area contributed by atoms with Crippen LogP contribution in [0.5, 0.6) is 5.75 Å². The number of piperidine rings is 1. The van der Waals surface area contributed by atoms with Crippen molar-refractivity contribution < 1.29 is 11.9 Å². The molecule has 0 saturated carbocycles. The van der Waals surface area contributed by atoms with Crippen LogP contribution in [-0.4, -0.2) is 27.8 Å². The molecule has 0 radical (unpaired) electrons. The number of aromatic nitrogens is 3. The molecule has 9 heteroatoms. The van der Waals surface area contributed by atoms with Crippen LogP contribution in [0, 0.1) is 5.82 Å². The van der Waals surface area contributed by atoms with Crippen molar-refractivity contribution >= 4 is 29.0 Å². The van der Waals surface area contributed by atoms with Gasteiger partial charge in [-0.25, -0.2) is 9.37 Å². The highest BCUT2D eigenvalue weighted by atomic mass is 35.5. The Balaban J connectivity index is 1.58. The fourth-order valence-corrected chi connectivity index (χ4v) is 4.08. The van der Waals surface area contributed by atoms with Crippen molar-refractivity contribution in [2.24, 2.45) is 0 Å². The van der Waals surface area contributed by atoms with Crippen LogP contribution < -0.4 is 15.8 Å². The van der Waals surface area contributed by atoms with Crippen molar-refractivity contribution in [3.05, 3.63) is 58.2 Å². The second kappa shape index (κ2) is 8.79. The van der Waals surface area contributed by atoms with Crippen LogP contribution in [0.2, 0.25) is 10.0 Å². The van der Waals surface area contributed by atoms with Crippen molar-refractivity contribution in [1.82, 2.24) is 20.1 Å². The van der Waals surface area contributed by atoms with E-state index in [2.05, 4.69) is 15.4 Å². The smallest absolute Gasteiger partial charge is 0.166 e. The highest BCUT2D eigenvalue weighted by molar-refractivity contribution is 6.36. The van der Waals surface area contributed by atoms with Gasteiger partial charge in [-0.05, 0) is 51.0 Å². The summed E-state index contributed by atoms with van der Waals surface area (Å²) in [4.78, 5) is 4.22. The molecule has 1 unspecified atom stereocenters. The molecule has 0 aliphatic carbocycles. The Labute approximate surface area is 187 Å². The molecule has 3 aromatic rings. The number of nitrogens with two attached hydrogens (primary N) is 1. The van der Waals surface area contributed by atoms with Crippen LogP contribution in [0.15, 0.2) is 36.8 Å². The SMILES string of the molecule is [2H]C1([2H])CC(n2cc(-c3cnc(N)c(O[C@H](C)c4c(Cl)ccc(F)c4Cl)c3)cn2)CCN1. The normalized spacial score (nSPS) is 20.3. The Bertz CT molecular complexity index is 1140. The summed E-state index contributed by atoms with van der Waals surface area (Å²) in [5.41, 5.74) is 7.84. The van der Waals surface area contributed by atoms with Gasteiger partial charge >= 0.3 is 0 Å². The van der Waals surface area contributed by atoms with Gasteiger partial charge in [0.15, 0.2) is 11.6 Å². The first-order chi connectivity index (χ1) is 15.1. The van der Waals surface area contributed by atoms with E-state index in [1.165, 1.54) is 12.1 Å². The zero-order valence-corrected chi connectivity index (χ0v) is 17.7. The molecule has 1 saturated heterocycles. The Kier molecular flexibility index (Phi) is 5.40. The molecule has 1 aromatic carbocycles. The summed E-state index contributed by atoms with van der Waals surface area (Å²) >= 11 is 12.3. The molecular formula is C21H22Cl2FN5O. The summed E-state index contributed by atoms with van der Waals surface area (Å²) in [6, 6.07) is 4.30. The third-order valence-corrected chi connectivity index (χ3v) is 5.76. The number of nitrogens with zero attached hydrogens (tertiary/aromatic N) is 3. The van der Waals surface area contributed by atoms with Gasteiger partial charge in [0, 0.05) is 36.8 Å². The van der Waals surface area contributed by atoms with E-state index < -0.39 is 18.4 Å². The van der Waals surface area contributed by atoms with Crippen molar-refractivity contribution in [1.29, 1.82) is 0 Å². The van der Waals surface area contributed by atoms with Gasteiger partial charge < -0.3 is 15.8 Å². The molecule has 0 bridgehead atoms. The second-order valence-corrected chi connectivity index (χ2v) is 7.87. The number of pyridine rings is 1. The Morgan fingerprint density at radius 3 is 2.97 bits per heavy atom. The number of hydrogen-bond donors (Lipinski definition) is 2. The van der Waals surface area contributed by atoms with Gasteiger partial charge in [0.1, 0.15) is 11.9 Å². The van der Waals surface area contributed by atoms with Gasteiger partial charge in [-0.3, -0.25) is 4.68 Å². The number of ether oxygens (including phenoxy) is 1. The lowest BCUT2D eigenvalue weighted by atomic mass is 10.1. The minimum absolute atomic E-state index is 0.0465. The standard InChI is InChI=1S/C21H22Cl2FN5O/c1-12(19-16(22)2-3-17(24)20(19)23)30-18-8-13(9-27-21(18)25)14-10-28-29(11-14)15-4-6-26-7-5-15/h2-3,8-12,15,26H,4-7H2,1H3,(H2,25,27)/t12-/m1/s1/i6D2/t12-,15?. The molecule has 1 aliphatic heterocycles. The van der Waals surface area contributed by atoms with Crippen molar-refractivity contribution in [3.8, 4) is 16.9 Å². The maximum atomic E-state index is 13.9. The highest BCUT2D eigenvalue weighted by Crippen LogP contribution is 2.37. The van der Waals surface area contributed by atoms with Crippen LogP contribution >= 0.6 is 23.2 Å². The summed E-state index contributed by atoms with van der Waals surface area (Å²) in [7, 11) is 0. The average Bonchev–Trinajstić information content (AvgIpc) is 3.22. The van der Waals surface area contributed by atoms with Crippen LogP contribution in [0.1, 0.15) is 40.2 Å². The molecule has 2 aromatic heterocycles. The van der Waals surface area contributed by atoms with Crippen molar-refractivity contribution in [2.45, 2.75) is 31.9 Å². The molecular weight excluding hydrogens is 428 g/mol. The molecule has 2 atom stereocenters. The van der Waals surface area contributed by atoms with Gasteiger partial charge in [-0.15, -0.1) is 0 Å². The quantitative estimate of drug-likeness (QED) is 0.531. The molecule has 0 amide bonds. The monoisotopic (exact) mass is 451 g/mol. The summed E-state index contributed by atoms with van der Waals surface area (Å²) in [6.45, 7) is 0.855. The van der Waals surface area contributed by atoms with Crippen LogP contribution in [0.25, 0.3) is 11.1 Å². The van der Waals surface area contributed by atoms with E-state index >= 15 is 0 Å². The number of nitrogen functional groups attached to an aromatic ring is 1. The number of benzene rings is 1. The number of anilines is 1. The third-order valence-electron chi connectivity index (χ3n) is 5.05. The molecule has 4 rings (SSSR count). The van der Waals surface area contributed by atoms with Gasteiger partial charge in [0.2, 0.25) is 0 Å². The zero-order valence-electron chi connectivity index (χ0n) is 18.2. The Morgan fingerprint density at radius 2 is 2.17 bits per heavy atom. The Hall–Kier alpha value is -2.35. The molecule has 3 heterocycles. The second-order valence-electron chi connectivity index (χ2n) is 7.08. The van der Waals surface area contributed by atoms with Crippen molar-refractivity contribution in [2.75, 3.05) is 18.8 Å². The van der Waals surface area contributed by atoms with E-state index in [0.29, 0.717) is 24.3 Å². The molecule has 158 valence electrons. The first-order valence-corrected chi connectivity index (χ1v) is 10.3. The highest BCUT2D eigenvalue weighted by Gasteiger charge is 2.21. The Morgan fingerprint density at radius 1 is 1.33 bits per heavy atom. The lowest BCUT2D eigenvalue weighted by molar-refractivity contribution is 0.227. The first kappa shape index (κ1) is 18.4. The molecule has 0 spiro atoms. The summed E-state index contributed by atoms with van der Waals surface area (Å²) < 4.78 is 37.5. The molecule has 30 heavy (non-hydrogen) atoms. The van der Waals surface area contributed by atoms with E-state index in [1.807, 2.05) is 6.20 Å². The maximum absolute atomic E-state index is 13.9. The number of nitrogens with one attached hydrogen (secondary N) is 1. The topological polar surface area (TPSA) is 78.0 Å². The molecule has 1 aliphatic rings. The van der Waals surface area contributed by atoms with Gasteiger partial charge in [0.05, 0.1) is 17.3 Å². The van der Waals surface area contributed by atoms with Gasteiger partial charge in [0.25, 0.3) is 0 Å². The van der Waals surface area contributed by atoms with Gasteiger partial charge in [-0.1, -0.05) is 23.2 Å². The molecule has 6 nitrogen and oxygen atoms in total. The van der Waals surface area contributed by atoms with Crippen LogP contribution in [-0.2, 0) is 0 Å². The largest absolute Gasteiger partial charge is 0.482 e. The number of hydrogen-bond acceptors (Lipinski definition) is 5. The molecule has 3 N–H and O–H groups in total. The lowest BCUT2D eigenvalue weighted by Crippen LogP contribution is -2.29. The minimum atomic E-state index is -1.42. The average molecular weight is 452 g/mol. The summed E-state index contributed by atoms with van der Waals surface area (Å²) in [5.74, 6) is -0.114. The van der Waals surface area contributed by atoms with E-state index in [4.69, 9.17) is 36.4 Å². The van der Waals surface area contributed by atoms with E-state index in [0.717, 1.165) is 17.5 Å². The van der Waals surface area contributed by atoms with E-state index in [1.54, 1.807) is 30.1 Å². The minimum Gasteiger partial charge on any atom is -0.482 e. The van der Waals surface area contributed by atoms with Crippen molar-refractivity contribution in [3.63, 3.8) is 0 Å². The summed E-state index contributed by atoms with van der Waals surface area (Å²) in [5, 5.41) is 7.47. The fourth-order valence-electron chi connectivity index (χ4n) is 3.40. The number of halogens is 3.